The van der Waals surface area contributed by atoms with E-state index in [-0.39, 0.29) is 5.91 Å². The molecule has 0 radical (unpaired) electrons. The minimum absolute atomic E-state index is 0.0729. The van der Waals surface area contributed by atoms with Gasteiger partial charge in [-0.2, -0.15) is 0 Å². The lowest BCUT2D eigenvalue weighted by molar-refractivity contribution is -0.127. The van der Waals surface area contributed by atoms with Crippen LogP contribution in [-0.4, -0.2) is 38.8 Å². The lowest BCUT2D eigenvalue weighted by Gasteiger charge is -2.32. The van der Waals surface area contributed by atoms with Crippen LogP contribution < -0.4 is 5.32 Å². The molecule has 30 heavy (non-hydrogen) atoms. The van der Waals surface area contributed by atoms with Gasteiger partial charge in [-0.15, -0.1) is 0 Å². The fourth-order valence-electron chi connectivity index (χ4n) is 3.71. The molecule has 3 heterocycles. The molecule has 1 amide bonds. The summed E-state index contributed by atoms with van der Waals surface area (Å²) >= 11 is 0. The highest BCUT2D eigenvalue weighted by atomic mass is 16.2. The Morgan fingerprint density at radius 1 is 1.07 bits per heavy atom. The number of likely N-dealkylation sites (tertiary alicyclic amines) is 1. The van der Waals surface area contributed by atoms with Crippen molar-refractivity contribution in [2.45, 2.75) is 19.3 Å². The van der Waals surface area contributed by atoms with E-state index in [1.54, 1.807) is 18.6 Å². The number of piperidine rings is 1. The van der Waals surface area contributed by atoms with Crippen LogP contribution >= 0.6 is 0 Å². The van der Waals surface area contributed by atoms with E-state index in [4.69, 9.17) is 0 Å². The number of benzene rings is 1. The highest BCUT2D eigenvalue weighted by Crippen LogP contribution is 2.22. The van der Waals surface area contributed by atoms with Gasteiger partial charge in [0.2, 0.25) is 5.91 Å². The van der Waals surface area contributed by atoms with E-state index in [9.17, 15) is 4.79 Å². The van der Waals surface area contributed by atoms with Crippen LogP contribution in [0.1, 0.15) is 24.1 Å². The number of anilines is 2. The summed E-state index contributed by atoms with van der Waals surface area (Å²) in [5, 5.41) is 3.20. The maximum atomic E-state index is 12.6. The molecule has 1 unspecified atom stereocenters. The second-order valence-corrected chi connectivity index (χ2v) is 7.48. The van der Waals surface area contributed by atoms with Crippen molar-refractivity contribution in [1.82, 2.24) is 19.9 Å². The van der Waals surface area contributed by atoms with Crippen molar-refractivity contribution in [1.29, 1.82) is 0 Å². The van der Waals surface area contributed by atoms with Crippen molar-refractivity contribution in [3.05, 3.63) is 84.5 Å². The van der Waals surface area contributed by atoms with E-state index in [1.165, 1.54) is 0 Å². The summed E-state index contributed by atoms with van der Waals surface area (Å²) in [5.41, 5.74) is 2.01. The zero-order chi connectivity index (χ0) is 20.6. The van der Waals surface area contributed by atoms with E-state index in [1.807, 2.05) is 65.6 Å². The molecule has 1 aliphatic rings. The van der Waals surface area contributed by atoms with Gasteiger partial charge in [-0.05, 0) is 49.0 Å². The minimum atomic E-state index is 0.0729. The molecule has 0 saturated carbocycles. The molecule has 1 aromatic carbocycles. The number of nitrogens with zero attached hydrogens (tertiary/aromatic N) is 4. The van der Waals surface area contributed by atoms with Gasteiger partial charge in [0.25, 0.3) is 0 Å². The smallest absolute Gasteiger partial charge is 0.246 e. The zero-order valence-corrected chi connectivity index (χ0v) is 16.8. The van der Waals surface area contributed by atoms with Gasteiger partial charge < -0.3 is 10.2 Å². The molecule has 1 atom stereocenters. The summed E-state index contributed by atoms with van der Waals surface area (Å²) in [6.07, 6.45) is 9.81. The summed E-state index contributed by atoms with van der Waals surface area (Å²) in [6, 6.07) is 17.6. The quantitative estimate of drug-likeness (QED) is 0.632. The highest BCUT2D eigenvalue weighted by molar-refractivity contribution is 5.91. The molecule has 3 aromatic rings. The third-order valence-electron chi connectivity index (χ3n) is 5.19. The summed E-state index contributed by atoms with van der Waals surface area (Å²) in [5.74, 6) is 1.95. The molecule has 1 N–H and O–H groups in total. The Bertz CT molecular complexity index is 991. The molecule has 0 aliphatic carbocycles. The lowest BCUT2D eigenvalue weighted by atomic mass is 9.93. The predicted octanol–water partition coefficient (Wildman–Crippen LogP) is 4.11. The van der Waals surface area contributed by atoms with Crippen molar-refractivity contribution in [2.24, 2.45) is 5.92 Å². The lowest BCUT2D eigenvalue weighted by Crippen LogP contribution is -2.39. The maximum Gasteiger partial charge on any atom is 0.246 e. The standard InChI is InChI=1S/C24H25N5O/c30-24(12-11-19-7-2-1-3-8-19)29-14-6-9-20(17-29)15-21-16-23(27-18-26-21)28-22-10-4-5-13-25-22/h1-5,7-8,10-13,16,18,20H,6,9,14-15,17H2,(H,25,26,27,28)/b12-11+. The van der Waals surface area contributed by atoms with Crippen LogP contribution in [0.4, 0.5) is 11.6 Å². The number of nitrogens with one attached hydrogen (secondary N) is 1. The first kappa shape index (κ1) is 19.8. The molecule has 0 spiro atoms. The largest absolute Gasteiger partial charge is 0.339 e. The van der Waals surface area contributed by atoms with Gasteiger partial charge in [0.05, 0.1) is 0 Å². The van der Waals surface area contributed by atoms with Crippen LogP contribution in [0.3, 0.4) is 0 Å². The number of hydrogen-bond donors (Lipinski definition) is 1. The SMILES string of the molecule is O=C(/C=C/c1ccccc1)N1CCCC(Cc2cc(Nc3ccccn3)ncn2)C1. The number of carbonyl (C=O) groups excluding carboxylic acids is 1. The molecule has 2 aromatic heterocycles. The van der Waals surface area contributed by atoms with Crippen molar-refractivity contribution in [3.63, 3.8) is 0 Å². The van der Waals surface area contributed by atoms with Crippen LogP contribution in [0.15, 0.2) is 73.2 Å². The molecule has 152 valence electrons. The fraction of sp³-hybridized carbons (Fsp3) is 0.250. The molecule has 1 aliphatic heterocycles. The van der Waals surface area contributed by atoms with Crippen molar-refractivity contribution < 1.29 is 4.79 Å². The molecule has 0 bridgehead atoms. The normalized spacial score (nSPS) is 16.5. The molecule has 6 nitrogen and oxygen atoms in total. The number of carbonyl (C=O) groups is 1. The summed E-state index contributed by atoms with van der Waals surface area (Å²) in [7, 11) is 0. The summed E-state index contributed by atoms with van der Waals surface area (Å²) < 4.78 is 0. The Hall–Kier alpha value is -3.54. The van der Waals surface area contributed by atoms with E-state index in [2.05, 4.69) is 20.3 Å². The Morgan fingerprint density at radius 3 is 2.77 bits per heavy atom. The zero-order valence-electron chi connectivity index (χ0n) is 16.8. The van der Waals surface area contributed by atoms with Gasteiger partial charge >= 0.3 is 0 Å². The van der Waals surface area contributed by atoms with Crippen LogP contribution in [0.2, 0.25) is 0 Å². The predicted molar refractivity (Wildman–Crippen MR) is 118 cm³/mol. The molecular weight excluding hydrogens is 374 g/mol. The average molecular weight is 399 g/mol. The van der Waals surface area contributed by atoms with Gasteiger partial charge in [0.15, 0.2) is 0 Å². The van der Waals surface area contributed by atoms with Crippen molar-refractivity contribution in [3.8, 4) is 0 Å². The van der Waals surface area contributed by atoms with Crippen LogP contribution in [0, 0.1) is 5.92 Å². The Balaban J connectivity index is 1.35. The number of hydrogen-bond acceptors (Lipinski definition) is 5. The van der Waals surface area contributed by atoms with Gasteiger partial charge in [0.1, 0.15) is 18.0 Å². The van der Waals surface area contributed by atoms with E-state index in [0.29, 0.717) is 5.92 Å². The van der Waals surface area contributed by atoms with Gasteiger partial charge in [0, 0.05) is 37.1 Å². The maximum absolute atomic E-state index is 12.6. The molecule has 6 heteroatoms. The van der Waals surface area contributed by atoms with Gasteiger partial charge in [-0.25, -0.2) is 15.0 Å². The second-order valence-electron chi connectivity index (χ2n) is 7.48. The number of amides is 1. The molecule has 4 rings (SSSR count). The van der Waals surface area contributed by atoms with Crippen LogP contribution in [0.25, 0.3) is 6.08 Å². The topological polar surface area (TPSA) is 71.0 Å². The first-order valence-corrected chi connectivity index (χ1v) is 10.3. The fourth-order valence-corrected chi connectivity index (χ4v) is 3.71. The number of pyridine rings is 1. The average Bonchev–Trinajstić information content (AvgIpc) is 2.79. The highest BCUT2D eigenvalue weighted by Gasteiger charge is 2.23. The third kappa shape index (κ3) is 5.50. The van der Waals surface area contributed by atoms with Gasteiger partial charge in [-0.3, -0.25) is 4.79 Å². The van der Waals surface area contributed by atoms with Crippen molar-refractivity contribution >= 4 is 23.6 Å². The Labute approximate surface area is 176 Å². The summed E-state index contributed by atoms with van der Waals surface area (Å²) in [6.45, 7) is 1.57. The molecule has 1 fully saturated rings. The Morgan fingerprint density at radius 2 is 1.93 bits per heavy atom. The first-order valence-electron chi connectivity index (χ1n) is 10.3. The Kier molecular flexibility index (Phi) is 6.44. The summed E-state index contributed by atoms with van der Waals surface area (Å²) in [4.78, 5) is 27.6. The monoisotopic (exact) mass is 399 g/mol. The second kappa shape index (κ2) is 9.78. The van der Waals surface area contributed by atoms with Crippen molar-refractivity contribution in [2.75, 3.05) is 18.4 Å². The first-order chi connectivity index (χ1) is 14.8. The van der Waals surface area contributed by atoms with E-state index in [0.717, 1.165) is 55.2 Å². The van der Waals surface area contributed by atoms with Crippen LogP contribution in [-0.2, 0) is 11.2 Å². The molecule has 1 saturated heterocycles. The van der Waals surface area contributed by atoms with Gasteiger partial charge in [-0.1, -0.05) is 36.4 Å². The van der Waals surface area contributed by atoms with E-state index >= 15 is 0 Å². The molecular formula is C24H25N5O. The third-order valence-corrected chi connectivity index (χ3v) is 5.19. The van der Waals surface area contributed by atoms with Crippen LogP contribution in [0.5, 0.6) is 0 Å². The number of rotatable bonds is 6. The number of aromatic nitrogens is 3. The van der Waals surface area contributed by atoms with E-state index < -0.39 is 0 Å². The minimum Gasteiger partial charge on any atom is -0.339 e.